The Hall–Kier alpha value is -1.87. The Morgan fingerprint density at radius 3 is 2.52 bits per heavy atom. The minimum Gasteiger partial charge on any atom is -0.494 e. The summed E-state index contributed by atoms with van der Waals surface area (Å²) in [6.45, 7) is 7.88. The summed E-state index contributed by atoms with van der Waals surface area (Å²) in [6, 6.07) is 12.7. The molecule has 0 bridgehead atoms. The lowest BCUT2D eigenvalue weighted by atomic mass is 9.99. The fourth-order valence-electron chi connectivity index (χ4n) is 2.44. The Labute approximate surface area is 127 Å². The molecule has 112 valence electrons. The summed E-state index contributed by atoms with van der Waals surface area (Å²) in [5, 5.41) is 3.55. The van der Waals surface area contributed by atoms with Crippen LogP contribution in [0.2, 0.25) is 0 Å². The summed E-state index contributed by atoms with van der Waals surface area (Å²) < 4.78 is 5.51. The molecule has 0 fully saturated rings. The van der Waals surface area contributed by atoms with E-state index in [4.69, 9.17) is 4.74 Å². The number of likely N-dealkylation sites (N-methyl/N-ethyl adjacent to an activating group) is 1. The molecule has 0 saturated carbocycles. The van der Waals surface area contributed by atoms with Gasteiger partial charge in [0.2, 0.25) is 0 Å². The minimum atomic E-state index is 0.277. The van der Waals surface area contributed by atoms with Gasteiger partial charge in [-0.05, 0) is 49.7 Å². The van der Waals surface area contributed by atoms with Crippen molar-refractivity contribution >= 4 is 0 Å². The molecule has 0 aliphatic carbocycles. The van der Waals surface area contributed by atoms with Crippen molar-refractivity contribution in [2.45, 2.75) is 33.2 Å². The fraction of sp³-hybridized carbons (Fsp3) is 0.389. The second kappa shape index (κ2) is 7.79. The molecule has 0 radical (unpaired) electrons. The van der Waals surface area contributed by atoms with Gasteiger partial charge in [-0.1, -0.05) is 25.1 Å². The van der Waals surface area contributed by atoms with Crippen LogP contribution in [0.15, 0.2) is 42.6 Å². The van der Waals surface area contributed by atoms with E-state index in [0.717, 1.165) is 24.4 Å². The van der Waals surface area contributed by atoms with Gasteiger partial charge < -0.3 is 10.1 Å². The third-order valence-electron chi connectivity index (χ3n) is 3.56. The van der Waals surface area contributed by atoms with Gasteiger partial charge in [0.15, 0.2) is 0 Å². The molecular formula is C18H24N2O. The summed E-state index contributed by atoms with van der Waals surface area (Å²) in [5.74, 6) is 0.922. The van der Waals surface area contributed by atoms with E-state index in [9.17, 15) is 0 Å². The second-order valence-electron chi connectivity index (χ2n) is 5.08. The summed E-state index contributed by atoms with van der Waals surface area (Å²) in [5.41, 5.74) is 3.66. The largest absolute Gasteiger partial charge is 0.494 e. The molecule has 2 aromatic rings. The van der Waals surface area contributed by atoms with Crippen LogP contribution in [0.3, 0.4) is 0 Å². The van der Waals surface area contributed by atoms with Crippen LogP contribution in [-0.4, -0.2) is 18.1 Å². The fourth-order valence-corrected chi connectivity index (χ4v) is 2.44. The zero-order valence-corrected chi connectivity index (χ0v) is 13.1. The molecule has 3 heteroatoms. The molecule has 1 aromatic heterocycles. The molecule has 0 aliphatic heterocycles. The number of pyridine rings is 1. The summed E-state index contributed by atoms with van der Waals surface area (Å²) in [6.07, 6.45) is 2.76. The van der Waals surface area contributed by atoms with E-state index in [1.54, 1.807) is 0 Å². The van der Waals surface area contributed by atoms with Crippen LogP contribution < -0.4 is 10.1 Å². The predicted molar refractivity (Wildman–Crippen MR) is 86.7 cm³/mol. The van der Waals surface area contributed by atoms with Crippen molar-refractivity contribution in [3.05, 3.63) is 59.4 Å². The maximum atomic E-state index is 5.51. The first-order chi connectivity index (χ1) is 10.2. The van der Waals surface area contributed by atoms with E-state index in [2.05, 4.69) is 42.3 Å². The van der Waals surface area contributed by atoms with Crippen molar-refractivity contribution in [1.29, 1.82) is 0 Å². The Morgan fingerprint density at radius 2 is 1.90 bits per heavy atom. The van der Waals surface area contributed by atoms with Gasteiger partial charge in [-0.2, -0.15) is 0 Å². The maximum Gasteiger partial charge on any atom is 0.119 e. The van der Waals surface area contributed by atoms with Gasteiger partial charge >= 0.3 is 0 Å². The van der Waals surface area contributed by atoms with Gasteiger partial charge in [0.25, 0.3) is 0 Å². The number of hydrogen-bond donors (Lipinski definition) is 1. The number of nitrogens with one attached hydrogen (secondary N) is 1. The normalized spacial score (nSPS) is 12.1. The van der Waals surface area contributed by atoms with Crippen LogP contribution in [0, 0.1) is 6.92 Å². The first kappa shape index (κ1) is 15.5. The Balaban J connectivity index is 2.16. The van der Waals surface area contributed by atoms with E-state index in [1.807, 2.05) is 31.3 Å². The molecule has 2 rings (SSSR count). The van der Waals surface area contributed by atoms with E-state index in [0.29, 0.717) is 6.61 Å². The molecule has 1 unspecified atom stereocenters. The minimum absolute atomic E-state index is 0.277. The van der Waals surface area contributed by atoms with Gasteiger partial charge in [0.1, 0.15) is 5.75 Å². The highest BCUT2D eigenvalue weighted by molar-refractivity contribution is 5.30. The van der Waals surface area contributed by atoms with Crippen molar-refractivity contribution in [1.82, 2.24) is 10.3 Å². The average Bonchev–Trinajstić information content (AvgIpc) is 2.50. The van der Waals surface area contributed by atoms with Gasteiger partial charge in [0.05, 0.1) is 6.61 Å². The quantitative estimate of drug-likeness (QED) is 0.842. The topological polar surface area (TPSA) is 34.2 Å². The Kier molecular flexibility index (Phi) is 5.76. The summed E-state index contributed by atoms with van der Waals surface area (Å²) >= 11 is 0. The Morgan fingerprint density at radius 1 is 1.14 bits per heavy atom. The molecule has 0 saturated heterocycles. The van der Waals surface area contributed by atoms with Crippen molar-refractivity contribution in [3.63, 3.8) is 0 Å². The number of aryl methyl sites for hydroxylation is 1. The molecule has 0 aliphatic rings. The van der Waals surface area contributed by atoms with Crippen LogP contribution in [0.25, 0.3) is 0 Å². The van der Waals surface area contributed by atoms with Crippen LogP contribution >= 0.6 is 0 Å². The first-order valence-corrected chi connectivity index (χ1v) is 7.61. The second-order valence-corrected chi connectivity index (χ2v) is 5.08. The van der Waals surface area contributed by atoms with Crippen molar-refractivity contribution in [2.24, 2.45) is 0 Å². The number of benzene rings is 1. The van der Waals surface area contributed by atoms with Crippen molar-refractivity contribution < 1.29 is 4.74 Å². The van der Waals surface area contributed by atoms with Crippen molar-refractivity contribution in [2.75, 3.05) is 13.2 Å². The standard InChI is InChI=1S/C18H24N2O/c1-4-19-18(13-17-14(3)7-6-12-20-17)15-8-10-16(11-9-15)21-5-2/h6-12,18-19H,4-5,13H2,1-3H3. The average molecular weight is 284 g/mol. The summed E-state index contributed by atoms with van der Waals surface area (Å²) in [4.78, 5) is 4.51. The highest BCUT2D eigenvalue weighted by Gasteiger charge is 2.13. The maximum absolute atomic E-state index is 5.51. The van der Waals surface area contributed by atoms with Gasteiger partial charge in [-0.15, -0.1) is 0 Å². The third-order valence-corrected chi connectivity index (χ3v) is 3.56. The lowest BCUT2D eigenvalue weighted by Gasteiger charge is -2.19. The molecule has 3 nitrogen and oxygen atoms in total. The number of ether oxygens (including phenoxy) is 1. The van der Waals surface area contributed by atoms with Crippen LogP contribution in [-0.2, 0) is 6.42 Å². The molecule has 0 amide bonds. The highest BCUT2D eigenvalue weighted by Crippen LogP contribution is 2.22. The number of aromatic nitrogens is 1. The number of nitrogens with zero attached hydrogens (tertiary/aromatic N) is 1. The van der Waals surface area contributed by atoms with Gasteiger partial charge in [-0.25, -0.2) is 0 Å². The lowest BCUT2D eigenvalue weighted by Crippen LogP contribution is -2.23. The first-order valence-electron chi connectivity index (χ1n) is 7.61. The molecule has 1 heterocycles. The molecule has 1 aromatic carbocycles. The zero-order valence-electron chi connectivity index (χ0n) is 13.1. The van der Waals surface area contributed by atoms with Crippen LogP contribution in [0.5, 0.6) is 5.75 Å². The van der Waals surface area contributed by atoms with E-state index in [-0.39, 0.29) is 6.04 Å². The van der Waals surface area contributed by atoms with Crippen LogP contribution in [0.4, 0.5) is 0 Å². The van der Waals surface area contributed by atoms with Crippen LogP contribution in [0.1, 0.15) is 36.7 Å². The zero-order chi connectivity index (χ0) is 15.1. The van der Waals surface area contributed by atoms with E-state index in [1.165, 1.54) is 11.1 Å². The molecule has 1 N–H and O–H groups in total. The number of rotatable bonds is 7. The molecular weight excluding hydrogens is 260 g/mol. The van der Waals surface area contributed by atoms with Crippen molar-refractivity contribution in [3.8, 4) is 5.75 Å². The molecule has 0 spiro atoms. The SMILES string of the molecule is CCNC(Cc1ncccc1C)c1ccc(OCC)cc1. The Bertz CT molecular complexity index is 551. The van der Waals surface area contributed by atoms with Gasteiger partial charge in [-0.3, -0.25) is 4.98 Å². The summed E-state index contributed by atoms with van der Waals surface area (Å²) in [7, 11) is 0. The smallest absolute Gasteiger partial charge is 0.119 e. The number of hydrogen-bond acceptors (Lipinski definition) is 3. The lowest BCUT2D eigenvalue weighted by molar-refractivity contribution is 0.340. The monoisotopic (exact) mass is 284 g/mol. The highest BCUT2D eigenvalue weighted by atomic mass is 16.5. The van der Waals surface area contributed by atoms with E-state index >= 15 is 0 Å². The molecule has 21 heavy (non-hydrogen) atoms. The predicted octanol–water partition coefficient (Wildman–Crippen LogP) is 3.68. The molecule has 1 atom stereocenters. The van der Waals surface area contributed by atoms with E-state index < -0.39 is 0 Å². The van der Waals surface area contributed by atoms with Gasteiger partial charge in [0, 0.05) is 24.4 Å². The third kappa shape index (κ3) is 4.30.